The molecule has 0 atom stereocenters. The normalized spacial score (nSPS) is 10.7. The molecule has 0 unspecified atom stereocenters. The zero-order valence-electron chi connectivity index (χ0n) is 16.8. The SMILES string of the molecule is CSc1c(Cl)cc(Cl)cc1C(=O)Nc1cccc(NC(=O)c2cc(Cl)cc(Cl)c2SC)c1. The number of amides is 2. The molecule has 0 radical (unpaired) electrons. The summed E-state index contributed by atoms with van der Waals surface area (Å²) in [4.78, 5) is 27.0. The van der Waals surface area contributed by atoms with Crippen LogP contribution < -0.4 is 10.6 Å². The third kappa shape index (κ3) is 5.87. The maximum atomic E-state index is 12.9. The highest BCUT2D eigenvalue weighted by Gasteiger charge is 2.18. The number of hydrogen-bond donors (Lipinski definition) is 2. The molecule has 2 N–H and O–H groups in total. The number of anilines is 2. The van der Waals surface area contributed by atoms with Crippen LogP contribution in [0.5, 0.6) is 0 Å². The van der Waals surface area contributed by atoms with E-state index in [0.717, 1.165) is 0 Å². The molecule has 0 aliphatic rings. The summed E-state index contributed by atoms with van der Waals surface area (Å²) in [5.41, 5.74) is 1.71. The molecule has 4 nitrogen and oxygen atoms in total. The van der Waals surface area contributed by atoms with Crippen molar-refractivity contribution in [2.45, 2.75) is 9.79 Å². The highest BCUT2D eigenvalue weighted by molar-refractivity contribution is 7.99. The molecule has 3 aromatic rings. The van der Waals surface area contributed by atoms with Gasteiger partial charge in [-0.15, -0.1) is 23.5 Å². The number of carbonyl (C=O) groups excluding carboxylic acids is 2. The summed E-state index contributed by atoms with van der Waals surface area (Å²) in [5, 5.41) is 7.17. The maximum Gasteiger partial charge on any atom is 0.256 e. The second-order valence-electron chi connectivity index (χ2n) is 6.43. The third-order valence-electron chi connectivity index (χ3n) is 4.29. The van der Waals surface area contributed by atoms with Crippen molar-refractivity contribution in [2.75, 3.05) is 23.1 Å². The molecule has 0 saturated heterocycles. The highest BCUT2D eigenvalue weighted by Crippen LogP contribution is 2.34. The van der Waals surface area contributed by atoms with Gasteiger partial charge in [0.2, 0.25) is 0 Å². The third-order valence-corrected chi connectivity index (χ3v) is 7.25. The lowest BCUT2D eigenvalue weighted by Crippen LogP contribution is -2.15. The Kier molecular flexibility index (Phi) is 8.67. The number of benzene rings is 3. The van der Waals surface area contributed by atoms with Gasteiger partial charge in [0.05, 0.1) is 21.2 Å². The summed E-state index contributed by atoms with van der Waals surface area (Å²) in [6.07, 6.45) is 3.65. The lowest BCUT2D eigenvalue weighted by Gasteiger charge is -2.13. The number of carbonyl (C=O) groups is 2. The lowest BCUT2D eigenvalue weighted by atomic mass is 10.2. The van der Waals surface area contributed by atoms with E-state index in [1.807, 2.05) is 12.5 Å². The molecule has 0 aliphatic carbocycles. The van der Waals surface area contributed by atoms with Gasteiger partial charge in [-0.3, -0.25) is 9.59 Å². The summed E-state index contributed by atoms with van der Waals surface area (Å²) in [6, 6.07) is 13.1. The van der Waals surface area contributed by atoms with E-state index in [-0.39, 0.29) is 11.8 Å². The minimum absolute atomic E-state index is 0.364. The first-order valence-corrected chi connectivity index (χ1v) is 13.0. The van der Waals surface area contributed by atoms with Crippen LogP contribution in [0.25, 0.3) is 0 Å². The van der Waals surface area contributed by atoms with Crippen molar-refractivity contribution >= 4 is 93.1 Å². The Hall–Kier alpha value is -1.54. The first-order valence-electron chi connectivity index (χ1n) is 9.02. The maximum absolute atomic E-state index is 12.9. The van der Waals surface area contributed by atoms with Gasteiger partial charge in [-0.2, -0.15) is 0 Å². The minimum atomic E-state index is -0.367. The molecule has 0 spiro atoms. The summed E-state index contributed by atoms with van der Waals surface area (Å²) in [6.45, 7) is 0. The van der Waals surface area contributed by atoms with Crippen LogP contribution in [0.1, 0.15) is 20.7 Å². The molecule has 0 saturated carbocycles. The van der Waals surface area contributed by atoms with Crippen LogP contribution in [0.3, 0.4) is 0 Å². The average molecular weight is 546 g/mol. The van der Waals surface area contributed by atoms with Gasteiger partial charge in [0.15, 0.2) is 0 Å². The Balaban J connectivity index is 1.83. The topological polar surface area (TPSA) is 58.2 Å². The van der Waals surface area contributed by atoms with Gasteiger partial charge in [-0.25, -0.2) is 0 Å². The monoisotopic (exact) mass is 544 g/mol. The molecule has 10 heteroatoms. The summed E-state index contributed by atoms with van der Waals surface area (Å²) in [7, 11) is 0. The van der Waals surface area contributed by atoms with Crippen LogP contribution in [0.2, 0.25) is 20.1 Å². The fourth-order valence-corrected chi connectivity index (χ4v) is 5.65. The van der Waals surface area contributed by atoms with Gasteiger partial charge in [-0.1, -0.05) is 52.5 Å². The molecule has 0 heterocycles. The zero-order valence-corrected chi connectivity index (χ0v) is 21.4. The molecule has 2 amide bonds. The number of thioether (sulfide) groups is 2. The zero-order chi connectivity index (χ0) is 23.4. The van der Waals surface area contributed by atoms with Crippen molar-refractivity contribution in [3.63, 3.8) is 0 Å². The molecular weight excluding hydrogens is 530 g/mol. The quantitative estimate of drug-likeness (QED) is 0.306. The number of hydrogen-bond acceptors (Lipinski definition) is 4. The van der Waals surface area contributed by atoms with Crippen LogP contribution in [0.15, 0.2) is 58.3 Å². The van der Waals surface area contributed by atoms with Crippen molar-refractivity contribution in [3.05, 3.63) is 79.7 Å². The second-order valence-corrected chi connectivity index (χ2v) is 9.75. The van der Waals surface area contributed by atoms with Crippen molar-refractivity contribution in [2.24, 2.45) is 0 Å². The van der Waals surface area contributed by atoms with Crippen molar-refractivity contribution in [1.82, 2.24) is 0 Å². The predicted molar refractivity (Wildman–Crippen MR) is 139 cm³/mol. The van der Waals surface area contributed by atoms with Crippen LogP contribution in [0, 0.1) is 0 Å². The predicted octanol–water partition coefficient (Wildman–Crippen LogP) is 8.25. The summed E-state index contributed by atoms with van der Waals surface area (Å²) >= 11 is 27.3. The Labute approximate surface area is 214 Å². The summed E-state index contributed by atoms with van der Waals surface area (Å²) < 4.78 is 0. The van der Waals surface area contributed by atoms with Gasteiger partial charge in [-0.05, 0) is 55.0 Å². The van der Waals surface area contributed by atoms with Crippen molar-refractivity contribution in [1.29, 1.82) is 0 Å². The van der Waals surface area contributed by atoms with Gasteiger partial charge >= 0.3 is 0 Å². The van der Waals surface area contributed by atoms with Gasteiger partial charge in [0.25, 0.3) is 11.8 Å². The first kappa shape index (κ1) is 25.1. The molecule has 0 aliphatic heterocycles. The molecule has 166 valence electrons. The fourth-order valence-electron chi connectivity index (χ4n) is 2.94. The van der Waals surface area contributed by atoms with E-state index in [2.05, 4.69) is 10.6 Å². The van der Waals surface area contributed by atoms with Crippen LogP contribution in [-0.2, 0) is 0 Å². The molecule has 3 rings (SSSR count). The van der Waals surface area contributed by atoms with E-state index in [1.54, 1.807) is 48.5 Å². The molecule has 32 heavy (non-hydrogen) atoms. The minimum Gasteiger partial charge on any atom is -0.322 e. The van der Waals surface area contributed by atoms with E-state index in [9.17, 15) is 9.59 Å². The van der Waals surface area contributed by atoms with E-state index in [0.29, 0.717) is 52.4 Å². The van der Waals surface area contributed by atoms with E-state index in [4.69, 9.17) is 46.4 Å². The fraction of sp³-hybridized carbons (Fsp3) is 0.0909. The average Bonchev–Trinajstić information content (AvgIpc) is 2.73. The van der Waals surface area contributed by atoms with Crippen molar-refractivity contribution in [3.8, 4) is 0 Å². The van der Waals surface area contributed by atoms with Gasteiger partial charge in [0, 0.05) is 31.2 Å². The van der Waals surface area contributed by atoms with E-state index >= 15 is 0 Å². The molecule has 0 aromatic heterocycles. The molecule has 3 aromatic carbocycles. The summed E-state index contributed by atoms with van der Waals surface area (Å²) in [5.74, 6) is -0.734. The highest BCUT2D eigenvalue weighted by atomic mass is 35.5. The van der Waals surface area contributed by atoms with E-state index < -0.39 is 0 Å². The Bertz CT molecular complexity index is 1120. The first-order chi connectivity index (χ1) is 15.2. The Morgan fingerprint density at radius 3 is 1.47 bits per heavy atom. The number of rotatable bonds is 6. The standard InChI is InChI=1S/C22H16Cl4N2O2S2/c1-31-19-15(6-11(23)8-17(19)25)21(29)27-13-4-3-5-14(10-13)28-22(30)16-7-12(24)9-18(26)20(16)32-2/h3-10H,1-2H3,(H,27,29)(H,28,30). The van der Waals surface area contributed by atoms with Gasteiger partial charge in [0.1, 0.15) is 0 Å². The molecule has 0 bridgehead atoms. The number of halogens is 4. The van der Waals surface area contributed by atoms with Crippen LogP contribution in [-0.4, -0.2) is 24.3 Å². The van der Waals surface area contributed by atoms with E-state index in [1.165, 1.54) is 23.5 Å². The Morgan fingerprint density at radius 2 is 1.09 bits per heavy atom. The van der Waals surface area contributed by atoms with Crippen LogP contribution >= 0.6 is 69.9 Å². The lowest BCUT2D eigenvalue weighted by molar-refractivity contribution is 0.101. The van der Waals surface area contributed by atoms with Crippen LogP contribution in [0.4, 0.5) is 11.4 Å². The second kappa shape index (κ2) is 11.1. The number of nitrogens with one attached hydrogen (secondary N) is 2. The van der Waals surface area contributed by atoms with Gasteiger partial charge < -0.3 is 10.6 Å². The Morgan fingerprint density at radius 1 is 0.688 bits per heavy atom. The largest absolute Gasteiger partial charge is 0.322 e. The molecule has 0 fully saturated rings. The smallest absolute Gasteiger partial charge is 0.256 e. The molecular formula is C22H16Cl4N2O2S2. The van der Waals surface area contributed by atoms with Crippen molar-refractivity contribution < 1.29 is 9.59 Å².